The zero-order chi connectivity index (χ0) is 30.0. The van der Waals surface area contributed by atoms with Crippen LogP contribution in [0.5, 0.6) is 0 Å². The number of hydrogen-bond acceptors (Lipinski definition) is 8. The second-order valence-electron chi connectivity index (χ2n) is 10.2. The lowest BCUT2D eigenvalue weighted by Crippen LogP contribution is -2.51. The zero-order valence-corrected chi connectivity index (χ0v) is 24.0. The lowest BCUT2D eigenvalue weighted by atomic mass is 9.86. The fourth-order valence-electron chi connectivity index (χ4n) is 4.39. The fourth-order valence-corrected chi connectivity index (χ4v) is 4.39. The van der Waals surface area contributed by atoms with Gasteiger partial charge in [0.05, 0.1) is 12.0 Å². The largest absolute Gasteiger partial charge is 0.445 e. The number of unbranched alkanes of at least 4 members (excludes halogenated alkanes) is 1. The van der Waals surface area contributed by atoms with Gasteiger partial charge in [0, 0.05) is 18.9 Å². The van der Waals surface area contributed by atoms with E-state index >= 15 is 0 Å². The normalized spacial score (nSPS) is 13.0. The van der Waals surface area contributed by atoms with E-state index in [1.807, 2.05) is 51.1 Å². The number of nitrogens with zero attached hydrogens (tertiary/aromatic N) is 3. The van der Waals surface area contributed by atoms with Gasteiger partial charge in [0.25, 0.3) is 0 Å². The fraction of sp³-hybridized carbons (Fsp3) is 0.517. The van der Waals surface area contributed by atoms with Gasteiger partial charge in [-0.3, -0.25) is 24.9 Å². The Bertz CT molecular complexity index is 1070. The summed E-state index contributed by atoms with van der Waals surface area (Å²) in [7, 11) is 0. The summed E-state index contributed by atoms with van der Waals surface area (Å²) in [6.07, 6.45) is 5.51. The second-order valence-corrected chi connectivity index (χ2v) is 10.2. The summed E-state index contributed by atoms with van der Waals surface area (Å²) in [5.41, 5.74) is 0.879. The predicted octanol–water partition coefficient (Wildman–Crippen LogP) is 3.68. The van der Waals surface area contributed by atoms with Crippen LogP contribution in [0.25, 0.3) is 0 Å². The molecular weight excluding hydrogens is 528 g/mol. The molecule has 0 spiro atoms. The molecule has 2 aromatic rings. The highest BCUT2D eigenvalue weighted by Crippen LogP contribution is 2.23. The Morgan fingerprint density at radius 2 is 1.73 bits per heavy atom. The van der Waals surface area contributed by atoms with Gasteiger partial charge < -0.3 is 15.4 Å². The number of alkyl carbamates (subject to hydrolysis) is 1. The summed E-state index contributed by atoms with van der Waals surface area (Å²) in [4.78, 5) is 58.1. The SMILES string of the molecule is CCC[C@@H]([C@H](CC(C)C)C(=O)N[C@@H](CCCCNC(=O)OCc1ccccc1)C(=O)Nc1ncccn1)N(O)C=O. The highest BCUT2D eigenvalue weighted by Gasteiger charge is 2.34. The Morgan fingerprint density at radius 3 is 2.37 bits per heavy atom. The third kappa shape index (κ3) is 12.3. The van der Waals surface area contributed by atoms with E-state index in [4.69, 9.17) is 4.74 Å². The number of anilines is 1. The van der Waals surface area contributed by atoms with Crippen molar-refractivity contribution in [3.8, 4) is 0 Å². The van der Waals surface area contributed by atoms with E-state index in [1.165, 1.54) is 12.4 Å². The van der Waals surface area contributed by atoms with Crippen LogP contribution in [0.3, 0.4) is 0 Å². The Labute approximate surface area is 241 Å². The average Bonchev–Trinajstić information content (AvgIpc) is 2.97. The third-order valence-electron chi connectivity index (χ3n) is 6.39. The van der Waals surface area contributed by atoms with E-state index in [0.717, 1.165) is 5.56 Å². The van der Waals surface area contributed by atoms with E-state index in [1.54, 1.807) is 6.07 Å². The predicted molar refractivity (Wildman–Crippen MR) is 152 cm³/mol. The van der Waals surface area contributed by atoms with Crippen molar-refractivity contribution >= 4 is 30.3 Å². The molecule has 0 saturated heterocycles. The number of benzene rings is 1. The first-order valence-corrected chi connectivity index (χ1v) is 14.0. The second kappa shape index (κ2) is 18.3. The van der Waals surface area contributed by atoms with Gasteiger partial charge in [-0.1, -0.05) is 57.5 Å². The van der Waals surface area contributed by atoms with Gasteiger partial charge >= 0.3 is 6.09 Å². The minimum absolute atomic E-state index is 0.0999. The molecule has 2 rings (SSSR count). The molecule has 4 amide bonds. The van der Waals surface area contributed by atoms with Crippen molar-refractivity contribution in [2.24, 2.45) is 11.8 Å². The van der Waals surface area contributed by atoms with Gasteiger partial charge in [0.1, 0.15) is 12.6 Å². The van der Waals surface area contributed by atoms with E-state index in [2.05, 4.69) is 25.9 Å². The highest BCUT2D eigenvalue weighted by atomic mass is 16.5. The molecule has 0 unspecified atom stereocenters. The molecule has 224 valence electrons. The van der Waals surface area contributed by atoms with Gasteiger partial charge in [-0.25, -0.2) is 19.8 Å². The number of ether oxygens (including phenoxy) is 1. The van der Waals surface area contributed by atoms with Crippen molar-refractivity contribution in [1.82, 2.24) is 25.7 Å². The maximum absolute atomic E-state index is 13.5. The van der Waals surface area contributed by atoms with E-state index in [0.29, 0.717) is 50.1 Å². The Kier molecular flexibility index (Phi) is 14.8. The van der Waals surface area contributed by atoms with E-state index in [9.17, 15) is 24.4 Å². The number of amides is 4. The van der Waals surface area contributed by atoms with Crippen molar-refractivity contribution in [3.63, 3.8) is 0 Å². The zero-order valence-electron chi connectivity index (χ0n) is 24.0. The van der Waals surface area contributed by atoms with Crippen molar-refractivity contribution < 1.29 is 29.1 Å². The molecule has 12 heteroatoms. The number of carbonyl (C=O) groups excluding carboxylic acids is 4. The lowest BCUT2D eigenvalue weighted by molar-refractivity contribution is -0.169. The standard InChI is InChI=1S/C29H42N6O6/c1-4-11-25(35(40)20-36)23(18-21(2)3)26(37)33-24(27(38)34-28-30-16-10-17-31-28)14-8-9-15-32-29(39)41-19-22-12-6-5-7-13-22/h5-7,10,12-13,16-17,20-21,23-25,40H,4,8-9,11,14-15,18-19H2,1-3H3,(H,32,39)(H,33,37)(H,30,31,34,38)/t23-,24-,25-/m0/s1. The van der Waals surface area contributed by atoms with Crippen LogP contribution in [0.15, 0.2) is 48.8 Å². The lowest BCUT2D eigenvalue weighted by Gasteiger charge is -2.32. The van der Waals surface area contributed by atoms with Crippen molar-refractivity contribution in [3.05, 3.63) is 54.4 Å². The number of hydroxylamine groups is 2. The molecule has 0 fully saturated rings. The number of rotatable bonds is 18. The van der Waals surface area contributed by atoms with Crippen LogP contribution in [0.4, 0.5) is 10.7 Å². The van der Waals surface area contributed by atoms with Gasteiger partial charge in [-0.2, -0.15) is 0 Å². The Balaban J connectivity index is 2.01. The first kappa shape index (κ1) is 33.1. The van der Waals surface area contributed by atoms with Gasteiger partial charge in [0.15, 0.2) is 0 Å². The minimum Gasteiger partial charge on any atom is -0.445 e. The van der Waals surface area contributed by atoms with Crippen LogP contribution in [0, 0.1) is 11.8 Å². The quantitative estimate of drug-likeness (QED) is 0.0913. The monoisotopic (exact) mass is 570 g/mol. The van der Waals surface area contributed by atoms with Gasteiger partial charge in [-0.05, 0) is 49.7 Å². The molecule has 4 N–H and O–H groups in total. The summed E-state index contributed by atoms with van der Waals surface area (Å²) >= 11 is 0. The third-order valence-corrected chi connectivity index (χ3v) is 6.39. The number of aromatic nitrogens is 2. The smallest absolute Gasteiger partial charge is 0.407 e. The maximum atomic E-state index is 13.5. The first-order valence-electron chi connectivity index (χ1n) is 14.0. The summed E-state index contributed by atoms with van der Waals surface area (Å²) in [6.45, 7) is 6.28. The Morgan fingerprint density at radius 1 is 1.02 bits per heavy atom. The van der Waals surface area contributed by atoms with Crippen molar-refractivity contribution in [2.45, 2.75) is 78.0 Å². The van der Waals surface area contributed by atoms with Crippen molar-refractivity contribution in [2.75, 3.05) is 11.9 Å². The highest BCUT2D eigenvalue weighted by molar-refractivity contribution is 5.96. The topological polar surface area (TPSA) is 163 Å². The van der Waals surface area contributed by atoms with Gasteiger partial charge in [0.2, 0.25) is 24.2 Å². The first-order chi connectivity index (χ1) is 19.7. The maximum Gasteiger partial charge on any atom is 0.407 e. The molecule has 0 saturated carbocycles. The molecule has 1 aromatic heterocycles. The van der Waals surface area contributed by atoms with Crippen LogP contribution in [-0.4, -0.2) is 63.2 Å². The molecule has 3 atom stereocenters. The van der Waals surface area contributed by atoms with Crippen LogP contribution < -0.4 is 16.0 Å². The molecule has 41 heavy (non-hydrogen) atoms. The summed E-state index contributed by atoms with van der Waals surface area (Å²) in [5.74, 6) is -1.46. The van der Waals surface area contributed by atoms with Crippen LogP contribution in [0.1, 0.15) is 64.9 Å². The average molecular weight is 571 g/mol. The molecule has 1 aromatic carbocycles. The summed E-state index contributed by atoms with van der Waals surface area (Å²) in [5, 5.41) is 18.9. The van der Waals surface area contributed by atoms with E-state index in [-0.39, 0.29) is 24.9 Å². The number of hydrogen-bond donors (Lipinski definition) is 4. The van der Waals surface area contributed by atoms with Crippen LogP contribution >= 0.6 is 0 Å². The number of nitrogens with one attached hydrogen (secondary N) is 3. The molecule has 0 bridgehead atoms. The van der Waals surface area contributed by atoms with Crippen LogP contribution in [0.2, 0.25) is 0 Å². The molecule has 0 aliphatic heterocycles. The van der Waals surface area contributed by atoms with Crippen LogP contribution in [-0.2, 0) is 25.7 Å². The molecule has 0 aliphatic carbocycles. The summed E-state index contributed by atoms with van der Waals surface area (Å²) in [6, 6.07) is 9.29. The van der Waals surface area contributed by atoms with E-state index < -0.39 is 35.9 Å². The van der Waals surface area contributed by atoms with Gasteiger partial charge in [-0.15, -0.1) is 0 Å². The summed E-state index contributed by atoms with van der Waals surface area (Å²) < 4.78 is 5.21. The molecule has 0 aliphatic rings. The molecule has 12 nitrogen and oxygen atoms in total. The van der Waals surface area contributed by atoms with Crippen molar-refractivity contribution in [1.29, 1.82) is 0 Å². The molecular formula is C29H42N6O6. The molecule has 0 radical (unpaired) electrons. The number of carbonyl (C=O) groups is 4. The minimum atomic E-state index is -0.934. The Hall–Kier alpha value is -4.06. The molecule has 1 heterocycles.